The van der Waals surface area contributed by atoms with Gasteiger partial charge in [0, 0.05) is 23.8 Å². The van der Waals surface area contributed by atoms with E-state index < -0.39 is 9.85 Å². The number of nitrogens with one attached hydrogen (secondary N) is 1. The number of rotatable bonds is 7. The van der Waals surface area contributed by atoms with Crippen molar-refractivity contribution >= 4 is 28.6 Å². The SMILES string of the molecule is COc1cc([N+](=O)[O-])ccc1N=N/C(=N\Nc1ccc([N+](=O)[O-])cc1)c1ccccc1. The maximum absolute atomic E-state index is 10.9. The highest BCUT2D eigenvalue weighted by molar-refractivity contribution is 5.99. The number of hydrogen-bond acceptors (Lipinski definition) is 8. The summed E-state index contributed by atoms with van der Waals surface area (Å²) in [5.41, 5.74) is 4.07. The van der Waals surface area contributed by atoms with E-state index in [0.29, 0.717) is 11.3 Å². The maximum Gasteiger partial charge on any atom is 0.273 e. The second kappa shape index (κ2) is 9.69. The zero-order chi connectivity index (χ0) is 22.2. The minimum atomic E-state index is -0.533. The van der Waals surface area contributed by atoms with Crippen molar-refractivity contribution in [2.45, 2.75) is 0 Å². The molecule has 0 amide bonds. The highest BCUT2D eigenvalue weighted by atomic mass is 16.6. The first-order chi connectivity index (χ1) is 15.0. The molecule has 0 aromatic heterocycles. The van der Waals surface area contributed by atoms with E-state index >= 15 is 0 Å². The Bertz CT molecular complexity index is 1150. The third-order valence-corrected chi connectivity index (χ3v) is 4.03. The Morgan fingerprint density at radius 1 is 0.903 bits per heavy atom. The average molecular weight is 420 g/mol. The third kappa shape index (κ3) is 5.44. The molecule has 0 fully saturated rings. The molecule has 31 heavy (non-hydrogen) atoms. The summed E-state index contributed by atoms with van der Waals surface area (Å²) in [7, 11) is 1.38. The molecule has 1 N–H and O–H groups in total. The zero-order valence-electron chi connectivity index (χ0n) is 16.2. The van der Waals surface area contributed by atoms with Crippen molar-refractivity contribution in [2.24, 2.45) is 15.3 Å². The molecule has 0 aliphatic heterocycles. The fourth-order valence-corrected chi connectivity index (χ4v) is 2.47. The normalized spacial score (nSPS) is 11.3. The summed E-state index contributed by atoms with van der Waals surface area (Å²) in [5, 5.41) is 34.2. The number of methoxy groups -OCH3 is 1. The van der Waals surface area contributed by atoms with E-state index in [2.05, 4.69) is 20.8 Å². The lowest BCUT2D eigenvalue weighted by Crippen LogP contribution is -2.01. The van der Waals surface area contributed by atoms with Gasteiger partial charge in [0.1, 0.15) is 5.69 Å². The molecule has 156 valence electrons. The van der Waals surface area contributed by atoms with Crippen LogP contribution in [0.5, 0.6) is 5.75 Å². The van der Waals surface area contributed by atoms with E-state index in [1.165, 1.54) is 49.6 Å². The first kappa shape index (κ1) is 21.0. The summed E-state index contributed by atoms with van der Waals surface area (Å²) in [6.45, 7) is 0. The predicted molar refractivity (Wildman–Crippen MR) is 114 cm³/mol. The van der Waals surface area contributed by atoms with Gasteiger partial charge in [-0.05, 0) is 18.2 Å². The molecule has 0 aliphatic carbocycles. The molecule has 0 saturated carbocycles. The van der Waals surface area contributed by atoms with Crippen LogP contribution in [0.1, 0.15) is 5.56 Å². The lowest BCUT2D eigenvalue weighted by atomic mass is 10.2. The fourth-order valence-electron chi connectivity index (χ4n) is 2.47. The number of non-ortho nitro benzene ring substituents is 2. The van der Waals surface area contributed by atoms with E-state index in [1.54, 1.807) is 24.3 Å². The summed E-state index contributed by atoms with van der Waals surface area (Å²) in [6, 6.07) is 18.7. The smallest absolute Gasteiger partial charge is 0.273 e. The minimum Gasteiger partial charge on any atom is -0.494 e. The number of hydrogen-bond donors (Lipinski definition) is 1. The van der Waals surface area contributed by atoms with Crippen molar-refractivity contribution in [1.29, 1.82) is 0 Å². The molecule has 3 aromatic rings. The Kier molecular flexibility index (Phi) is 6.58. The quantitative estimate of drug-likeness (QED) is 0.186. The number of ether oxygens (including phenoxy) is 1. The molecule has 0 aliphatic rings. The van der Waals surface area contributed by atoms with Crippen molar-refractivity contribution in [2.75, 3.05) is 12.5 Å². The van der Waals surface area contributed by atoms with Crippen LogP contribution in [0.15, 0.2) is 88.1 Å². The predicted octanol–water partition coefficient (Wildman–Crippen LogP) is 5.07. The van der Waals surface area contributed by atoms with Gasteiger partial charge in [-0.3, -0.25) is 25.7 Å². The summed E-state index contributed by atoms with van der Waals surface area (Å²) < 4.78 is 5.17. The van der Waals surface area contributed by atoms with Crippen molar-refractivity contribution in [3.8, 4) is 5.75 Å². The molecule has 11 heteroatoms. The van der Waals surface area contributed by atoms with Gasteiger partial charge < -0.3 is 4.74 Å². The fraction of sp³-hybridized carbons (Fsp3) is 0.0500. The first-order valence-corrected chi connectivity index (χ1v) is 8.85. The summed E-state index contributed by atoms with van der Waals surface area (Å²) >= 11 is 0. The molecule has 0 bridgehead atoms. The number of anilines is 1. The monoisotopic (exact) mass is 420 g/mol. The van der Waals surface area contributed by atoms with E-state index in [9.17, 15) is 20.2 Å². The molecule has 0 atom stereocenters. The van der Waals surface area contributed by atoms with Crippen LogP contribution in [0, 0.1) is 20.2 Å². The van der Waals surface area contributed by atoms with Crippen molar-refractivity contribution in [3.05, 3.63) is 98.6 Å². The number of amidine groups is 1. The topological polar surface area (TPSA) is 145 Å². The molecule has 0 saturated heterocycles. The Hall–Kier alpha value is -4.67. The van der Waals surface area contributed by atoms with Gasteiger partial charge in [0.05, 0.1) is 28.7 Å². The third-order valence-electron chi connectivity index (χ3n) is 4.03. The van der Waals surface area contributed by atoms with Crippen molar-refractivity contribution in [1.82, 2.24) is 0 Å². The number of nitro groups is 2. The molecule has 3 aromatic carbocycles. The van der Waals surface area contributed by atoms with Gasteiger partial charge in [-0.25, -0.2) is 0 Å². The zero-order valence-corrected chi connectivity index (χ0v) is 16.2. The summed E-state index contributed by atoms with van der Waals surface area (Å²) in [6.07, 6.45) is 0. The standard InChI is InChI=1S/C20H16N6O5/c1-31-19-13-17(26(29)30)11-12-18(19)22-24-20(14-5-3-2-4-6-14)23-21-15-7-9-16(10-8-15)25(27)28/h2-13,21H,1H3/b23-20-,24-22?. The molecule has 0 spiro atoms. The van der Waals surface area contributed by atoms with E-state index in [1.807, 2.05) is 6.07 Å². The molecule has 0 heterocycles. The van der Waals surface area contributed by atoms with Crippen LogP contribution in [0.3, 0.4) is 0 Å². The lowest BCUT2D eigenvalue weighted by Gasteiger charge is -2.05. The largest absolute Gasteiger partial charge is 0.494 e. The second-order valence-corrected chi connectivity index (χ2v) is 6.03. The molecular weight excluding hydrogens is 404 g/mol. The van der Waals surface area contributed by atoms with Gasteiger partial charge >= 0.3 is 0 Å². The van der Waals surface area contributed by atoms with Crippen LogP contribution in [0.4, 0.5) is 22.7 Å². The maximum atomic E-state index is 10.9. The van der Waals surface area contributed by atoms with Gasteiger partial charge in [0.15, 0.2) is 5.75 Å². The van der Waals surface area contributed by atoms with Gasteiger partial charge in [-0.2, -0.15) is 5.10 Å². The van der Waals surface area contributed by atoms with E-state index in [4.69, 9.17) is 4.74 Å². The first-order valence-electron chi connectivity index (χ1n) is 8.85. The Morgan fingerprint density at radius 3 is 2.16 bits per heavy atom. The molecule has 11 nitrogen and oxygen atoms in total. The van der Waals surface area contributed by atoms with Crippen LogP contribution < -0.4 is 10.2 Å². The number of hydrazone groups is 1. The number of nitro benzene ring substituents is 2. The Labute approximate surface area is 176 Å². The highest BCUT2D eigenvalue weighted by Gasteiger charge is 2.12. The minimum absolute atomic E-state index is 0.0391. The highest BCUT2D eigenvalue weighted by Crippen LogP contribution is 2.31. The van der Waals surface area contributed by atoms with Gasteiger partial charge in [-0.1, -0.05) is 30.3 Å². The van der Waals surface area contributed by atoms with Crippen molar-refractivity contribution in [3.63, 3.8) is 0 Å². The Morgan fingerprint density at radius 2 is 1.55 bits per heavy atom. The Balaban J connectivity index is 1.90. The van der Waals surface area contributed by atoms with E-state index in [0.717, 1.165) is 0 Å². The summed E-state index contributed by atoms with van der Waals surface area (Å²) in [4.78, 5) is 20.7. The molecule has 0 radical (unpaired) electrons. The molecule has 3 rings (SSSR count). The van der Waals surface area contributed by atoms with Gasteiger partial charge in [-0.15, -0.1) is 10.2 Å². The number of nitrogens with zero attached hydrogens (tertiary/aromatic N) is 5. The van der Waals surface area contributed by atoms with Crippen LogP contribution in [-0.4, -0.2) is 22.8 Å². The molecule has 0 unspecified atom stereocenters. The van der Waals surface area contributed by atoms with Gasteiger partial charge in [0.25, 0.3) is 11.4 Å². The van der Waals surface area contributed by atoms with Crippen LogP contribution in [-0.2, 0) is 0 Å². The van der Waals surface area contributed by atoms with Crippen molar-refractivity contribution < 1.29 is 14.6 Å². The molecular formula is C20H16N6O5. The second-order valence-electron chi connectivity index (χ2n) is 6.03. The van der Waals surface area contributed by atoms with Crippen LogP contribution >= 0.6 is 0 Å². The van der Waals surface area contributed by atoms with Gasteiger partial charge in [0.2, 0.25) is 5.84 Å². The number of azo groups is 1. The van der Waals surface area contributed by atoms with Crippen LogP contribution in [0.2, 0.25) is 0 Å². The lowest BCUT2D eigenvalue weighted by molar-refractivity contribution is -0.385. The summed E-state index contributed by atoms with van der Waals surface area (Å²) in [5.74, 6) is 0.410. The van der Waals surface area contributed by atoms with E-state index in [-0.39, 0.29) is 28.6 Å². The average Bonchev–Trinajstić information content (AvgIpc) is 2.79. The van der Waals surface area contributed by atoms with Crippen LogP contribution in [0.25, 0.3) is 0 Å². The number of benzene rings is 3.